The molecule has 1 N–H and O–H groups in total. The average molecular weight is 212 g/mol. The van der Waals surface area contributed by atoms with E-state index >= 15 is 0 Å². The molecule has 1 heterocycles. The molecule has 2 rings (SSSR count). The van der Waals surface area contributed by atoms with Crippen molar-refractivity contribution in [1.29, 1.82) is 0 Å². The van der Waals surface area contributed by atoms with Crippen LogP contribution in [0.25, 0.3) is 11.1 Å². The van der Waals surface area contributed by atoms with Crippen LogP contribution in [-0.4, -0.2) is 4.98 Å². The summed E-state index contributed by atoms with van der Waals surface area (Å²) >= 11 is 0. The van der Waals surface area contributed by atoms with Crippen LogP contribution in [0.1, 0.15) is 0 Å². The average Bonchev–Trinajstić information content (AvgIpc) is 2.33. The number of rotatable bonds is 2. The Labute approximate surface area is 93.2 Å². The van der Waals surface area contributed by atoms with Gasteiger partial charge in [-0.3, -0.25) is 4.98 Å². The molecule has 16 heavy (non-hydrogen) atoms. The standard InChI is InChI=1S/C13H9FN2/c1-2-16-13-6-5-11(14)8-12(13)10-4-3-7-15-9-10/h1,3-9,16H. The largest absolute Gasteiger partial charge is 0.315 e. The van der Waals surface area contributed by atoms with Gasteiger partial charge in [0.25, 0.3) is 0 Å². The zero-order valence-electron chi connectivity index (χ0n) is 8.44. The van der Waals surface area contributed by atoms with Gasteiger partial charge in [0.1, 0.15) is 5.82 Å². The predicted molar refractivity (Wildman–Crippen MR) is 62.1 cm³/mol. The fraction of sp³-hybridized carbons (Fsp3) is 0. The summed E-state index contributed by atoms with van der Waals surface area (Å²) in [4.78, 5) is 3.99. The van der Waals surface area contributed by atoms with Gasteiger partial charge < -0.3 is 5.32 Å². The highest BCUT2D eigenvalue weighted by Crippen LogP contribution is 2.27. The van der Waals surface area contributed by atoms with Crippen molar-refractivity contribution in [2.45, 2.75) is 0 Å². The lowest BCUT2D eigenvalue weighted by Gasteiger charge is -2.07. The van der Waals surface area contributed by atoms with E-state index < -0.39 is 0 Å². The Morgan fingerprint density at radius 3 is 2.88 bits per heavy atom. The van der Waals surface area contributed by atoms with Gasteiger partial charge in [-0.25, -0.2) is 4.39 Å². The number of anilines is 1. The summed E-state index contributed by atoms with van der Waals surface area (Å²) < 4.78 is 13.2. The summed E-state index contributed by atoms with van der Waals surface area (Å²) in [6.07, 6.45) is 8.50. The molecule has 0 bridgehead atoms. The van der Waals surface area contributed by atoms with Crippen molar-refractivity contribution >= 4 is 5.69 Å². The molecule has 1 aromatic carbocycles. The molecule has 0 radical (unpaired) electrons. The minimum Gasteiger partial charge on any atom is -0.315 e. The monoisotopic (exact) mass is 212 g/mol. The van der Waals surface area contributed by atoms with E-state index in [1.54, 1.807) is 24.5 Å². The fourth-order valence-electron chi connectivity index (χ4n) is 1.46. The number of hydrogen-bond donors (Lipinski definition) is 1. The fourth-order valence-corrected chi connectivity index (χ4v) is 1.46. The van der Waals surface area contributed by atoms with Gasteiger partial charge in [-0.2, -0.15) is 0 Å². The quantitative estimate of drug-likeness (QED) is 0.611. The molecule has 3 heteroatoms. The van der Waals surface area contributed by atoms with Crippen molar-refractivity contribution in [3.05, 3.63) is 48.5 Å². The van der Waals surface area contributed by atoms with Crippen LogP contribution >= 0.6 is 0 Å². The molecule has 78 valence electrons. The maximum Gasteiger partial charge on any atom is 0.123 e. The van der Waals surface area contributed by atoms with E-state index in [-0.39, 0.29) is 5.82 Å². The van der Waals surface area contributed by atoms with Crippen LogP contribution in [0.5, 0.6) is 0 Å². The lowest BCUT2D eigenvalue weighted by molar-refractivity contribution is 0.628. The van der Waals surface area contributed by atoms with Gasteiger partial charge in [-0.05, 0) is 24.3 Å². The first-order valence-electron chi connectivity index (χ1n) is 4.73. The molecule has 0 unspecified atom stereocenters. The summed E-state index contributed by atoms with van der Waals surface area (Å²) in [5.41, 5.74) is 2.21. The van der Waals surface area contributed by atoms with Gasteiger partial charge in [-0.1, -0.05) is 12.5 Å². The smallest absolute Gasteiger partial charge is 0.123 e. The zero-order chi connectivity index (χ0) is 11.4. The molecule has 0 aliphatic carbocycles. The number of nitrogens with zero attached hydrogens (tertiary/aromatic N) is 1. The van der Waals surface area contributed by atoms with Gasteiger partial charge in [0, 0.05) is 29.6 Å². The lowest BCUT2D eigenvalue weighted by atomic mass is 10.1. The second kappa shape index (κ2) is 4.45. The minimum absolute atomic E-state index is 0.304. The topological polar surface area (TPSA) is 24.9 Å². The molecule has 0 saturated carbocycles. The third kappa shape index (κ3) is 2.01. The molecule has 0 aliphatic heterocycles. The normalized spacial score (nSPS) is 9.50. The molecular weight excluding hydrogens is 203 g/mol. The molecule has 1 aromatic heterocycles. The van der Waals surface area contributed by atoms with Crippen LogP contribution in [0.2, 0.25) is 0 Å². The molecule has 2 nitrogen and oxygen atoms in total. The molecule has 0 amide bonds. The summed E-state index contributed by atoms with van der Waals surface area (Å²) in [5.74, 6) is -0.304. The minimum atomic E-state index is -0.304. The Hall–Kier alpha value is -2.34. The van der Waals surface area contributed by atoms with Crippen molar-refractivity contribution in [2.75, 3.05) is 5.32 Å². The summed E-state index contributed by atoms with van der Waals surface area (Å²) in [6.45, 7) is 0. The first-order chi connectivity index (χ1) is 7.81. The van der Waals surface area contributed by atoms with Gasteiger partial charge >= 0.3 is 0 Å². The number of terminal acetylenes is 1. The lowest BCUT2D eigenvalue weighted by Crippen LogP contribution is -1.92. The van der Waals surface area contributed by atoms with Gasteiger partial charge in [0.2, 0.25) is 0 Å². The van der Waals surface area contributed by atoms with E-state index in [1.165, 1.54) is 12.1 Å². The molecule has 0 fully saturated rings. The van der Waals surface area contributed by atoms with Crippen LogP contribution in [0.3, 0.4) is 0 Å². The Bertz CT molecular complexity index is 529. The van der Waals surface area contributed by atoms with Crippen LogP contribution in [0.15, 0.2) is 42.7 Å². The number of halogens is 1. The number of nitrogens with one attached hydrogen (secondary N) is 1. The second-order valence-corrected chi connectivity index (χ2v) is 3.20. The van der Waals surface area contributed by atoms with Crippen LogP contribution < -0.4 is 5.32 Å². The van der Waals surface area contributed by atoms with Crippen molar-refractivity contribution < 1.29 is 4.39 Å². The van der Waals surface area contributed by atoms with E-state index in [9.17, 15) is 4.39 Å². The molecule has 2 aromatic rings. The SMILES string of the molecule is C#CNc1ccc(F)cc1-c1cccnc1. The van der Waals surface area contributed by atoms with Crippen molar-refractivity contribution in [2.24, 2.45) is 0 Å². The third-order valence-electron chi connectivity index (χ3n) is 2.16. The number of benzene rings is 1. The van der Waals surface area contributed by atoms with Crippen molar-refractivity contribution in [3.8, 4) is 23.6 Å². The molecule has 0 spiro atoms. The summed E-state index contributed by atoms with van der Waals surface area (Å²) in [6, 6.07) is 10.4. The van der Waals surface area contributed by atoms with Crippen molar-refractivity contribution in [1.82, 2.24) is 4.98 Å². The van der Waals surface area contributed by atoms with Crippen molar-refractivity contribution in [3.63, 3.8) is 0 Å². The van der Waals surface area contributed by atoms with Crippen LogP contribution in [0, 0.1) is 18.3 Å². The number of aromatic nitrogens is 1. The zero-order valence-corrected chi connectivity index (χ0v) is 8.44. The van der Waals surface area contributed by atoms with Crippen LogP contribution in [0.4, 0.5) is 10.1 Å². The molecule has 0 saturated heterocycles. The molecule has 0 atom stereocenters. The highest BCUT2D eigenvalue weighted by atomic mass is 19.1. The van der Waals surface area contributed by atoms with E-state index in [0.717, 1.165) is 5.56 Å². The number of hydrogen-bond acceptors (Lipinski definition) is 2. The first-order valence-corrected chi connectivity index (χ1v) is 4.73. The summed E-state index contributed by atoms with van der Waals surface area (Å²) in [7, 11) is 0. The van der Waals surface area contributed by atoms with E-state index in [1.807, 2.05) is 6.07 Å². The molecular formula is C13H9FN2. The Balaban J connectivity index is 2.55. The highest BCUT2D eigenvalue weighted by molar-refractivity contribution is 5.78. The molecule has 0 aliphatic rings. The van der Waals surface area contributed by atoms with Gasteiger partial charge in [0.15, 0.2) is 0 Å². The van der Waals surface area contributed by atoms with E-state index in [4.69, 9.17) is 6.42 Å². The van der Waals surface area contributed by atoms with Crippen LogP contribution in [-0.2, 0) is 0 Å². The Morgan fingerprint density at radius 1 is 1.31 bits per heavy atom. The number of pyridine rings is 1. The maximum atomic E-state index is 13.2. The maximum absolute atomic E-state index is 13.2. The Morgan fingerprint density at radius 2 is 2.19 bits per heavy atom. The van der Waals surface area contributed by atoms with Gasteiger partial charge in [-0.15, -0.1) is 0 Å². The predicted octanol–water partition coefficient (Wildman–Crippen LogP) is 2.89. The second-order valence-electron chi connectivity index (χ2n) is 3.20. The van der Waals surface area contributed by atoms with E-state index in [0.29, 0.717) is 11.3 Å². The summed E-state index contributed by atoms with van der Waals surface area (Å²) in [5, 5.41) is 2.74. The highest BCUT2D eigenvalue weighted by Gasteiger charge is 2.05. The van der Waals surface area contributed by atoms with E-state index in [2.05, 4.69) is 16.3 Å². The Kier molecular flexibility index (Phi) is 2.84. The van der Waals surface area contributed by atoms with Gasteiger partial charge in [0.05, 0.1) is 5.69 Å². The first kappa shape index (κ1) is 10.2. The third-order valence-corrected chi connectivity index (χ3v) is 2.16.